The fraction of sp³-hybridized carbons (Fsp3) is 0.167. The van der Waals surface area contributed by atoms with Crippen molar-refractivity contribution in [2.75, 3.05) is 5.32 Å². The lowest BCUT2D eigenvalue weighted by atomic mass is 10.2. The Balaban J connectivity index is 2.29. The van der Waals surface area contributed by atoms with Gasteiger partial charge in [0.25, 0.3) is 5.91 Å². The Kier molecular flexibility index (Phi) is 4.46. The lowest BCUT2D eigenvalue weighted by Gasteiger charge is -2.00. The molecule has 2 aromatic heterocycles. The van der Waals surface area contributed by atoms with E-state index in [1.165, 1.54) is 22.7 Å². The van der Waals surface area contributed by atoms with Gasteiger partial charge in [-0.3, -0.25) is 4.79 Å². The molecule has 0 atom stereocenters. The second-order valence-electron chi connectivity index (χ2n) is 3.79. The minimum Gasteiger partial charge on any atom is -0.312 e. The lowest BCUT2D eigenvalue weighted by molar-refractivity contribution is 0.103. The number of nitriles is 1. The number of nitrogens with zero attached hydrogens (tertiary/aromatic N) is 1. The van der Waals surface area contributed by atoms with Crippen LogP contribution in [0.1, 0.15) is 25.7 Å². The van der Waals surface area contributed by atoms with Crippen molar-refractivity contribution in [2.45, 2.75) is 13.8 Å². The summed E-state index contributed by atoms with van der Waals surface area (Å²) >= 11 is 9.47. The summed E-state index contributed by atoms with van der Waals surface area (Å²) in [6.45, 7) is 3.83. The second-order valence-corrected chi connectivity index (χ2v) is 8.23. The summed E-state index contributed by atoms with van der Waals surface area (Å²) in [5.41, 5.74) is 1.47. The Morgan fingerprint density at radius 3 is 2.58 bits per heavy atom. The van der Waals surface area contributed by atoms with Crippen molar-refractivity contribution >= 4 is 65.4 Å². The molecule has 2 rings (SSSR count). The number of anilines is 1. The van der Waals surface area contributed by atoms with E-state index >= 15 is 0 Å². The minimum absolute atomic E-state index is 0.200. The zero-order valence-corrected chi connectivity index (χ0v) is 14.8. The number of nitrogens with one attached hydrogen (secondary N) is 1. The molecule has 2 aromatic rings. The van der Waals surface area contributed by atoms with Crippen LogP contribution in [0.5, 0.6) is 0 Å². The molecule has 0 saturated heterocycles. The highest BCUT2D eigenvalue weighted by molar-refractivity contribution is 9.13. The molecule has 98 valence electrons. The summed E-state index contributed by atoms with van der Waals surface area (Å²) in [5.74, 6) is -0.200. The molecule has 2 heterocycles. The van der Waals surface area contributed by atoms with E-state index in [4.69, 9.17) is 5.26 Å². The lowest BCUT2D eigenvalue weighted by Crippen LogP contribution is -2.09. The van der Waals surface area contributed by atoms with Gasteiger partial charge in [-0.2, -0.15) is 5.26 Å². The van der Waals surface area contributed by atoms with E-state index in [0.29, 0.717) is 15.4 Å². The van der Waals surface area contributed by atoms with Gasteiger partial charge >= 0.3 is 0 Å². The van der Waals surface area contributed by atoms with E-state index in [0.717, 1.165) is 18.7 Å². The zero-order valence-electron chi connectivity index (χ0n) is 10.0. The maximum absolute atomic E-state index is 12.1. The van der Waals surface area contributed by atoms with Crippen LogP contribution in [0.4, 0.5) is 5.00 Å². The van der Waals surface area contributed by atoms with Gasteiger partial charge in [-0.05, 0) is 57.3 Å². The first-order chi connectivity index (χ1) is 8.93. The second kappa shape index (κ2) is 5.75. The summed E-state index contributed by atoms with van der Waals surface area (Å²) in [6, 6.07) is 3.89. The van der Waals surface area contributed by atoms with E-state index in [-0.39, 0.29) is 5.91 Å². The highest BCUT2D eigenvalue weighted by atomic mass is 79.9. The molecule has 0 fully saturated rings. The first-order valence-corrected chi connectivity index (χ1v) is 8.42. The normalized spacial score (nSPS) is 10.3. The molecule has 0 unspecified atom stereocenters. The van der Waals surface area contributed by atoms with Crippen molar-refractivity contribution in [3.63, 3.8) is 0 Å². The predicted molar refractivity (Wildman–Crippen MR) is 86.2 cm³/mol. The van der Waals surface area contributed by atoms with Crippen molar-refractivity contribution in [1.82, 2.24) is 0 Å². The van der Waals surface area contributed by atoms with Crippen molar-refractivity contribution < 1.29 is 4.79 Å². The van der Waals surface area contributed by atoms with Crippen LogP contribution in [-0.2, 0) is 0 Å². The van der Waals surface area contributed by atoms with Crippen LogP contribution in [0.3, 0.4) is 0 Å². The van der Waals surface area contributed by atoms with Crippen LogP contribution in [0.2, 0.25) is 0 Å². The highest BCUT2D eigenvalue weighted by Crippen LogP contribution is 2.35. The van der Waals surface area contributed by atoms with Crippen molar-refractivity contribution in [2.24, 2.45) is 0 Å². The molecule has 0 aromatic carbocycles. The van der Waals surface area contributed by atoms with Crippen LogP contribution in [0.15, 0.2) is 14.3 Å². The number of halogens is 2. The van der Waals surface area contributed by atoms with E-state index in [1.54, 1.807) is 6.07 Å². The molecular weight excluding hydrogens is 412 g/mol. The number of aryl methyl sites for hydroxylation is 1. The topological polar surface area (TPSA) is 52.9 Å². The van der Waals surface area contributed by atoms with Gasteiger partial charge in [0.1, 0.15) is 11.1 Å². The van der Waals surface area contributed by atoms with Crippen LogP contribution >= 0.6 is 54.5 Å². The number of amides is 1. The van der Waals surface area contributed by atoms with Crippen LogP contribution < -0.4 is 5.32 Å². The number of carbonyl (C=O) groups excluding carboxylic acids is 1. The van der Waals surface area contributed by atoms with Gasteiger partial charge in [0, 0.05) is 9.35 Å². The van der Waals surface area contributed by atoms with Gasteiger partial charge in [0.05, 0.1) is 14.2 Å². The fourth-order valence-electron chi connectivity index (χ4n) is 1.47. The maximum Gasteiger partial charge on any atom is 0.266 e. The van der Waals surface area contributed by atoms with Gasteiger partial charge in [0.15, 0.2) is 0 Å². The molecule has 3 nitrogen and oxygen atoms in total. The molecule has 7 heteroatoms. The van der Waals surface area contributed by atoms with Gasteiger partial charge in [-0.25, -0.2) is 0 Å². The minimum atomic E-state index is -0.200. The monoisotopic (exact) mass is 418 g/mol. The summed E-state index contributed by atoms with van der Waals surface area (Å²) in [4.78, 5) is 13.8. The number of carbonyl (C=O) groups is 1. The quantitative estimate of drug-likeness (QED) is 0.738. The molecule has 0 aliphatic carbocycles. The Morgan fingerprint density at radius 1 is 1.37 bits per heavy atom. The fourth-order valence-corrected chi connectivity index (χ4v) is 4.41. The standard InChI is InChI=1S/C12H8Br2N2OS2/c1-5-6(2)18-12(7(5)4-15)16-11(17)9-3-8(13)10(14)19-9/h3H,1-2H3,(H,16,17). The average molecular weight is 420 g/mol. The predicted octanol–water partition coefficient (Wildman–Crippen LogP) is 5.08. The van der Waals surface area contributed by atoms with E-state index < -0.39 is 0 Å². The van der Waals surface area contributed by atoms with E-state index in [9.17, 15) is 4.79 Å². The Labute approximate surface area is 135 Å². The van der Waals surface area contributed by atoms with E-state index in [2.05, 4.69) is 43.2 Å². The smallest absolute Gasteiger partial charge is 0.266 e. The maximum atomic E-state index is 12.1. The SMILES string of the molecule is Cc1sc(NC(=O)c2cc(Br)c(Br)s2)c(C#N)c1C. The van der Waals surface area contributed by atoms with Crippen LogP contribution in [-0.4, -0.2) is 5.91 Å². The molecule has 19 heavy (non-hydrogen) atoms. The third-order valence-corrected chi connectivity index (χ3v) is 6.97. The van der Waals surface area contributed by atoms with Gasteiger partial charge in [-0.1, -0.05) is 0 Å². The molecule has 0 saturated carbocycles. The van der Waals surface area contributed by atoms with Crippen molar-refractivity contribution in [1.29, 1.82) is 5.26 Å². The number of rotatable bonds is 2. The van der Waals surface area contributed by atoms with Gasteiger partial charge in [-0.15, -0.1) is 22.7 Å². The Bertz CT molecular complexity index is 678. The van der Waals surface area contributed by atoms with Crippen LogP contribution in [0.25, 0.3) is 0 Å². The first-order valence-electron chi connectivity index (χ1n) is 5.20. The van der Waals surface area contributed by atoms with Gasteiger partial charge in [0.2, 0.25) is 0 Å². The Morgan fingerprint density at radius 2 is 2.05 bits per heavy atom. The summed E-state index contributed by atoms with van der Waals surface area (Å²) in [6.07, 6.45) is 0. The molecule has 1 amide bonds. The van der Waals surface area contributed by atoms with Crippen molar-refractivity contribution in [3.8, 4) is 6.07 Å². The number of thiophene rings is 2. The van der Waals surface area contributed by atoms with Crippen molar-refractivity contribution in [3.05, 3.63) is 35.2 Å². The molecule has 0 bridgehead atoms. The average Bonchev–Trinajstić information content (AvgIpc) is 2.82. The number of hydrogen-bond acceptors (Lipinski definition) is 4. The molecule has 0 aliphatic rings. The Hall–Kier alpha value is -0.680. The third kappa shape index (κ3) is 2.92. The molecule has 1 N–H and O–H groups in total. The number of hydrogen-bond donors (Lipinski definition) is 1. The summed E-state index contributed by atoms with van der Waals surface area (Å²) < 4.78 is 1.72. The summed E-state index contributed by atoms with van der Waals surface area (Å²) in [5, 5.41) is 12.6. The summed E-state index contributed by atoms with van der Waals surface area (Å²) in [7, 11) is 0. The largest absolute Gasteiger partial charge is 0.312 e. The zero-order chi connectivity index (χ0) is 14.2. The first kappa shape index (κ1) is 14.7. The molecule has 0 aliphatic heterocycles. The highest BCUT2D eigenvalue weighted by Gasteiger charge is 2.17. The van der Waals surface area contributed by atoms with E-state index in [1.807, 2.05) is 13.8 Å². The molecular formula is C12H8Br2N2OS2. The molecule has 0 spiro atoms. The third-order valence-electron chi connectivity index (χ3n) is 2.59. The van der Waals surface area contributed by atoms with Gasteiger partial charge < -0.3 is 5.32 Å². The van der Waals surface area contributed by atoms with Crippen LogP contribution in [0, 0.1) is 25.2 Å². The molecule has 0 radical (unpaired) electrons.